The van der Waals surface area contributed by atoms with Gasteiger partial charge in [-0.15, -0.1) is 0 Å². The molecule has 0 N–H and O–H groups in total. The van der Waals surface area contributed by atoms with Crippen molar-refractivity contribution >= 4 is 23.2 Å². The fourth-order valence-corrected chi connectivity index (χ4v) is 5.21. The minimum absolute atomic E-state index is 0.160. The van der Waals surface area contributed by atoms with Crippen molar-refractivity contribution in [2.24, 2.45) is 0 Å². The van der Waals surface area contributed by atoms with Crippen LogP contribution in [0.25, 0.3) is 5.65 Å². The van der Waals surface area contributed by atoms with Crippen LogP contribution in [0.4, 0.5) is 5.82 Å². The molecule has 3 aromatic carbocycles. The normalized spacial score (nSPS) is 11.5. The highest BCUT2D eigenvalue weighted by molar-refractivity contribution is 8.00. The smallest absolute Gasteiger partial charge is 0.358 e. The van der Waals surface area contributed by atoms with Crippen molar-refractivity contribution in [1.82, 2.24) is 14.6 Å². The van der Waals surface area contributed by atoms with Gasteiger partial charge in [0.05, 0.1) is 4.75 Å². The SMILES string of the molecule is O=[N+]([O-])c1cnc2ccc(SC(c3ccccc3)(c3ccccc3)c3ccccc3)nn12. The maximum Gasteiger partial charge on any atom is 0.368 e. The number of imidazole rings is 1. The van der Waals surface area contributed by atoms with Crippen molar-refractivity contribution < 1.29 is 4.92 Å². The van der Waals surface area contributed by atoms with Crippen LogP contribution in [0.15, 0.2) is 114 Å². The summed E-state index contributed by atoms with van der Waals surface area (Å²) < 4.78 is 0.674. The molecule has 2 heterocycles. The Hall–Kier alpha value is -3.97. The van der Waals surface area contributed by atoms with E-state index in [1.54, 1.807) is 17.8 Å². The van der Waals surface area contributed by atoms with E-state index in [1.807, 2.05) is 60.7 Å². The van der Waals surface area contributed by atoms with Crippen molar-refractivity contribution in [3.05, 3.63) is 136 Å². The van der Waals surface area contributed by atoms with Crippen molar-refractivity contribution in [3.8, 4) is 0 Å². The van der Waals surface area contributed by atoms with E-state index in [0.717, 1.165) is 16.7 Å². The van der Waals surface area contributed by atoms with Gasteiger partial charge < -0.3 is 10.1 Å². The van der Waals surface area contributed by atoms with Gasteiger partial charge in [-0.1, -0.05) is 112 Å². The van der Waals surface area contributed by atoms with Crippen LogP contribution in [0, 0.1) is 10.1 Å². The van der Waals surface area contributed by atoms with Gasteiger partial charge in [-0.25, -0.2) is 4.98 Å². The Bertz CT molecular complexity index is 1280. The van der Waals surface area contributed by atoms with E-state index in [1.165, 1.54) is 10.7 Å². The van der Waals surface area contributed by atoms with E-state index in [2.05, 4.69) is 46.5 Å². The molecule has 0 atom stereocenters. The highest BCUT2D eigenvalue weighted by Crippen LogP contribution is 2.51. The molecule has 0 amide bonds. The first kappa shape index (κ1) is 20.0. The lowest BCUT2D eigenvalue weighted by atomic mass is 9.84. The molecule has 5 rings (SSSR count). The highest BCUT2D eigenvalue weighted by atomic mass is 32.2. The molecule has 5 aromatic rings. The maximum absolute atomic E-state index is 11.4. The summed E-state index contributed by atoms with van der Waals surface area (Å²) in [6, 6.07) is 34.3. The number of nitrogens with zero attached hydrogens (tertiary/aromatic N) is 4. The summed E-state index contributed by atoms with van der Waals surface area (Å²) in [6.45, 7) is 0. The van der Waals surface area contributed by atoms with Gasteiger partial charge in [0.25, 0.3) is 0 Å². The number of hydrogen-bond donors (Lipinski definition) is 0. The zero-order valence-corrected chi connectivity index (χ0v) is 17.7. The minimum atomic E-state index is -0.611. The Morgan fingerprint density at radius 3 is 1.72 bits per heavy atom. The molecular weight excluding hydrogens is 420 g/mol. The first-order chi connectivity index (χ1) is 15.7. The average Bonchev–Trinajstić information content (AvgIpc) is 3.28. The Kier molecular flexibility index (Phi) is 5.17. The van der Waals surface area contributed by atoms with Crippen LogP contribution in [0.3, 0.4) is 0 Å². The Morgan fingerprint density at radius 1 is 0.750 bits per heavy atom. The summed E-state index contributed by atoms with van der Waals surface area (Å²) in [5, 5.41) is 16.7. The molecule has 0 bridgehead atoms. The molecule has 0 aliphatic carbocycles. The molecular formula is C25H18N4O2S. The van der Waals surface area contributed by atoms with E-state index in [-0.39, 0.29) is 5.82 Å². The van der Waals surface area contributed by atoms with Gasteiger partial charge in [-0.2, -0.15) is 0 Å². The van der Waals surface area contributed by atoms with Crippen LogP contribution in [0.2, 0.25) is 0 Å². The zero-order chi connectivity index (χ0) is 22.0. The van der Waals surface area contributed by atoms with Crippen molar-refractivity contribution in [2.45, 2.75) is 9.77 Å². The van der Waals surface area contributed by atoms with Gasteiger partial charge in [0.1, 0.15) is 11.2 Å². The monoisotopic (exact) mass is 438 g/mol. The van der Waals surface area contributed by atoms with Crippen LogP contribution in [0.5, 0.6) is 0 Å². The summed E-state index contributed by atoms with van der Waals surface area (Å²) >= 11 is 1.55. The topological polar surface area (TPSA) is 73.3 Å². The van der Waals surface area contributed by atoms with Gasteiger partial charge in [-0.3, -0.25) is 0 Å². The minimum Gasteiger partial charge on any atom is -0.358 e. The molecule has 0 unspecified atom stereocenters. The zero-order valence-electron chi connectivity index (χ0n) is 16.9. The second kappa shape index (κ2) is 8.28. The molecule has 0 radical (unpaired) electrons. The number of hydrogen-bond acceptors (Lipinski definition) is 5. The van der Waals surface area contributed by atoms with E-state index in [0.29, 0.717) is 10.7 Å². The average molecular weight is 439 g/mol. The van der Waals surface area contributed by atoms with E-state index < -0.39 is 9.67 Å². The van der Waals surface area contributed by atoms with Crippen LogP contribution in [0.1, 0.15) is 16.7 Å². The summed E-state index contributed by atoms with van der Waals surface area (Å²) in [5.41, 5.74) is 3.70. The molecule has 0 saturated heterocycles. The lowest BCUT2D eigenvalue weighted by molar-refractivity contribution is -0.391. The number of thioether (sulfide) groups is 1. The Morgan fingerprint density at radius 2 is 1.25 bits per heavy atom. The van der Waals surface area contributed by atoms with Gasteiger partial charge >= 0.3 is 5.82 Å². The third kappa shape index (κ3) is 3.42. The molecule has 0 saturated carbocycles. The van der Waals surface area contributed by atoms with Crippen molar-refractivity contribution in [3.63, 3.8) is 0 Å². The third-order valence-electron chi connectivity index (χ3n) is 5.31. The Balaban J connectivity index is 1.76. The number of aromatic nitrogens is 3. The predicted octanol–water partition coefficient (Wildman–Crippen LogP) is 5.72. The first-order valence-corrected chi connectivity index (χ1v) is 10.8. The molecule has 0 fully saturated rings. The second-order valence-corrected chi connectivity index (χ2v) is 8.43. The summed E-state index contributed by atoms with van der Waals surface area (Å²) in [6.07, 6.45) is 1.23. The Labute approximate surface area is 188 Å². The predicted molar refractivity (Wildman–Crippen MR) is 125 cm³/mol. The van der Waals surface area contributed by atoms with Crippen LogP contribution >= 0.6 is 11.8 Å². The summed E-state index contributed by atoms with van der Waals surface area (Å²) in [5.74, 6) is -0.160. The molecule has 0 aliphatic rings. The quantitative estimate of drug-likeness (QED) is 0.147. The van der Waals surface area contributed by atoms with E-state index in [9.17, 15) is 10.1 Å². The van der Waals surface area contributed by atoms with Crippen molar-refractivity contribution in [1.29, 1.82) is 0 Å². The third-order valence-corrected chi connectivity index (χ3v) is 6.75. The lowest BCUT2D eigenvalue weighted by Gasteiger charge is -2.34. The van der Waals surface area contributed by atoms with Gasteiger partial charge in [0.2, 0.25) is 5.65 Å². The largest absolute Gasteiger partial charge is 0.368 e. The second-order valence-electron chi connectivity index (χ2n) is 7.20. The maximum atomic E-state index is 11.4. The molecule has 156 valence electrons. The number of benzene rings is 3. The summed E-state index contributed by atoms with van der Waals surface area (Å²) in [7, 11) is 0. The molecule has 32 heavy (non-hydrogen) atoms. The van der Waals surface area contributed by atoms with Crippen LogP contribution < -0.4 is 0 Å². The fourth-order valence-electron chi connectivity index (χ4n) is 3.88. The van der Waals surface area contributed by atoms with Gasteiger partial charge in [0, 0.05) is 6.07 Å². The van der Waals surface area contributed by atoms with Gasteiger partial charge in [0.15, 0.2) is 0 Å². The van der Waals surface area contributed by atoms with Crippen LogP contribution in [-0.4, -0.2) is 19.5 Å². The van der Waals surface area contributed by atoms with Crippen molar-refractivity contribution in [2.75, 3.05) is 0 Å². The first-order valence-electron chi connectivity index (χ1n) is 10.0. The molecule has 6 nitrogen and oxygen atoms in total. The number of nitro groups is 1. The van der Waals surface area contributed by atoms with Gasteiger partial charge in [-0.05, 0) is 27.7 Å². The molecule has 7 heteroatoms. The fraction of sp³-hybridized carbons (Fsp3) is 0.0400. The van der Waals surface area contributed by atoms with E-state index >= 15 is 0 Å². The summed E-state index contributed by atoms with van der Waals surface area (Å²) in [4.78, 5) is 15.1. The highest BCUT2D eigenvalue weighted by Gasteiger charge is 2.38. The number of rotatable bonds is 6. The standard InChI is InChI=1S/C25H18N4O2S/c30-29(31)24-18-26-22-16-17-23(27-28(22)24)32-25(19-10-4-1-5-11-19,20-12-6-2-7-13-20)21-14-8-3-9-15-21/h1-18H. The number of fused-ring (bicyclic) bond motifs is 1. The van der Waals surface area contributed by atoms with Crippen LogP contribution in [-0.2, 0) is 4.75 Å². The molecule has 2 aromatic heterocycles. The lowest BCUT2D eigenvalue weighted by Crippen LogP contribution is -2.25. The molecule has 0 spiro atoms. The van der Waals surface area contributed by atoms with E-state index in [4.69, 9.17) is 0 Å². The molecule has 0 aliphatic heterocycles.